The molecule has 0 aromatic rings. The van der Waals surface area contributed by atoms with Gasteiger partial charge in [0.15, 0.2) is 0 Å². The lowest BCUT2D eigenvalue weighted by atomic mass is 9.82. The van der Waals surface area contributed by atoms with Crippen LogP contribution in [0.25, 0.3) is 0 Å². The van der Waals surface area contributed by atoms with E-state index < -0.39 is 5.60 Å². The van der Waals surface area contributed by atoms with Gasteiger partial charge >= 0.3 is 0 Å². The Hall–Kier alpha value is -1.16. The lowest BCUT2D eigenvalue weighted by Crippen LogP contribution is -2.72. The molecule has 1 N–H and O–H groups in total. The number of ether oxygens (including phenoxy) is 1. The highest BCUT2D eigenvalue weighted by Gasteiger charge is 2.66. The third kappa shape index (κ3) is 0.448. The van der Waals surface area contributed by atoms with Crippen LogP contribution < -0.4 is 5.32 Å². The summed E-state index contributed by atoms with van der Waals surface area (Å²) >= 11 is 0. The van der Waals surface area contributed by atoms with Crippen molar-refractivity contribution in [3.63, 3.8) is 0 Å². The van der Waals surface area contributed by atoms with Gasteiger partial charge in [0.05, 0.1) is 6.10 Å². The number of fused-ring (bicyclic) bond motifs is 3. The Morgan fingerprint density at radius 3 is 2.50 bits per heavy atom. The highest BCUT2D eigenvalue weighted by molar-refractivity contribution is 6.25. The van der Waals surface area contributed by atoms with Crippen molar-refractivity contribution in [3.05, 3.63) is 12.2 Å². The van der Waals surface area contributed by atoms with E-state index in [0.717, 1.165) is 6.42 Å². The molecular formula is C8H7NO3. The van der Waals surface area contributed by atoms with Gasteiger partial charge in [-0.05, 0) is 6.42 Å². The van der Waals surface area contributed by atoms with Crippen molar-refractivity contribution in [2.75, 3.05) is 0 Å². The van der Waals surface area contributed by atoms with Crippen molar-refractivity contribution in [2.24, 2.45) is 5.92 Å². The minimum Gasteiger partial charge on any atom is -0.348 e. The van der Waals surface area contributed by atoms with E-state index in [1.807, 2.05) is 12.2 Å². The van der Waals surface area contributed by atoms with Gasteiger partial charge in [-0.2, -0.15) is 0 Å². The summed E-state index contributed by atoms with van der Waals surface area (Å²) in [5.41, 5.74) is -1.13. The summed E-state index contributed by atoms with van der Waals surface area (Å²) in [4.78, 5) is 22.3. The van der Waals surface area contributed by atoms with Gasteiger partial charge in [0.2, 0.25) is 5.60 Å². The van der Waals surface area contributed by atoms with Crippen molar-refractivity contribution < 1.29 is 14.3 Å². The number of hydrogen-bond acceptors (Lipinski definition) is 3. The maximum Gasteiger partial charge on any atom is 0.269 e. The fourth-order valence-corrected chi connectivity index (χ4v) is 2.15. The van der Waals surface area contributed by atoms with E-state index in [9.17, 15) is 9.59 Å². The summed E-state index contributed by atoms with van der Waals surface area (Å²) in [7, 11) is 0. The van der Waals surface area contributed by atoms with E-state index in [-0.39, 0.29) is 23.8 Å². The summed E-state index contributed by atoms with van der Waals surface area (Å²) in [5.74, 6) is -0.572. The van der Waals surface area contributed by atoms with E-state index >= 15 is 0 Å². The molecule has 0 aromatic heterocycles. The van der Waals surface area contributed by atoms with E-state index in [0.29, 0.717) is 0 Å². The zero-order chi connectivity index (χ0) is 8.34. The van der Waals surface area contributed by atoms with Gasteiger partial charge in [-0.1, -0.05) is 12.2 Å². The summed E-state index contributed by atoms with van der Waals surface area (Å²) in [6, 6.07) is 0. The van der Waals surface area contributed by atoms with E-state index in [1.165, 1.54) is 0 Å². The molecule has 2 saturated heterocycles. The molecule has 2 bridgehead atoms. The molecule has 12 heavy (non-hydrogen) atoms. The smallest absolute Gasteiger partial charge is 0.269 e. The maximum atomic E-state index is 11.2. The Kier molecular flexibility index (Phi) is 0.855. The Labute approximate surface area is 68.6 Å². The standard InChI is InChI=1S/C8H7NO3/c10-6-8(7(11)9-6)4-1-2-5(3-4)12-8/h1-2,4-5H,3H2,(H,9,10,11). The zero-order valence-electron chi connectivity index (χ0n) is 6.24. The number of rotatable bonds is 0. The van der Waals surface area contributed by atoms with Crippen LogP contribution in [0.4, 0.5) is 0 Å². The van der Waals surface area contributed by atoms with Crippen molar-refractivity contribution in [1.29, 1.82) is 0 Å². The molecule has 4 heteroatoms. The first kappa shape index (κ1) is 6.37. The lowest BCUT2D eigenvalue weighted by Gasteiger charge is -2.38. The number of carbonyl (C=O) groups is 2. The van der Waals surface area contributed by atoms with Crippen molar-refractivity contribution >= 4 is 11.8 Å². The van der Waals surface area contributed by atoms with Crippen LogP contribution in [0.1, 0.15) is 6.42 Å². The minimum atomic E-state index is -1.13. The molecule has 2 heterocycles. The molecule has 62 valence electrons. The molecule has 0 aromatic carbocycles. The number of β-lactam (4-membered cyclic amide) rings is 2. The third-order valence-corrected chi connectivity index (χ3v) is 2.81. The van der Waals surface area contributed by atoms with Crippen molar-refractivity contribution in [1.82, 2.24) is 5.32 Å². The molecule has 3 rings (SSSR count). The summed E-state index contributed by atoms with van der Waals surface area (Å²) in [5, 5.41) is 2.19. The molecule has 2 aliphatic heterocycles. The highest BCUT2D eigenvalue weighted by Crippen LogP contribution is 2.45. The van der Waals surface area contributed by atoms with Gasteiger partial charge in [-0.25, -0.2) is 0 Å². The SMILES string of the molecule is O=C1NC(=O)C12OC1C=CC2C1. The van der Waals surface area contributed by atoms with Crippen LogP contribution in [0, 0.1) is 5.92 Å². The fraction of sp³-hybridized carbons (Fsp3) is 0.500. The molecule has 0 radical (unpaired) electrons. The topological polar surface area (TPSA) is 55.4 Å². The summed E-state index contributed by atoms with van der Waals surface area (Å²) in [6.07, 6.45) is 4.57. The predicted molar refractivity (Wildman–Crippen MR) is 38.0 cm³/mol. The van der Waals surface area contributed by atoms with Crippen molar-refractivity contribution in [3.8, 4) is 0 Å². The zero-order valence-corrected chi connectivity index (χ0v) is 6.24. The van der Waals surface area contributed by atoms with Crippen LogP contribution in [0.3, 0.4) is 0 Å². The fourth-order valence-electron chi connectivity index (χ4n) is 2.15. The molecule has 2 fully saturated rings. The second kappa shape index (κ2) is 1.61. The van der Waals surface area contributed by atoms with Crippen LogP contribution in [-0.4, -0.2) is 23.5 Å². The molecule has 3 aliphatic rings. The Morgan fingerprint density at radius 2 is 2.17 bits per heavy atom. The average Bonchev–Trinajstić information content (AvgIpc) is 2.63. The van der Waals surface area contributed by atoms with Crippen LogP contribution in [0.5, 0.6) is 0 Å². The molecule has 2 unspecified atom stereocenters. The van der Waals surface area contributed by atoms with Crippen LogP contribution in [0.15, 0.2) is 12.2 Å². The third-order valence-electron chi connectivity index (χ3n) is 2.81. The monoisotopic (exact) mass is 165 g/mol. The minimum absolute atomic E-state index is 0.0231. The normalized spacial score (nSPS) is 40.3. The molecule has 1 aliphatic carbocycles. The van der Waals surface area contributed by atoms with Gasteiger partial charge in [0.25, 0.3) is 11.8 Å². The van der Waals surface area contributed by atoms with Crippen LogP contribution >= 0.6 is 0 Å². The van der Waals surface area contributed by atoms with Gasteiger partial charge in [0.1, 0.15) is 0 Å². The predicted octanol–water partition coefficient (Wildman–Crippen LogP) is -0.644. The van der Waals surface area contributed by atoms with Crippen LogP contribution in [-0.2, 0) is 14.3 Å². The van der Waals surface area contributed by atoms with Crippen LogP contribution in [0.2, 0.25) is 0 Å². The van der Waals surface area contributed by atoms with Gasteiger partial charge in [-0.15, -0.1) is 0 Å². The lowest BCUT2D eigenvalue weighted by molar-refractivity contribution is -0.176. The molecule has 4 nitrogen and oxygen atoms in total. The molecule has 0 saturated carbocycles. The Balaban J connectivity index is 2.08. The summed E-state index contributed by atoms with van der Waals surface area (Å²) in [6.45, 7) is 0. The number of nitrogens with one attached hydrogen (secondary N) is 1. The van der Waals surface area contributed by atoms with E-state index in [2.05, 4.69) is 5.32 Å². The quantitative estimate of drug-likeness (QED) is 0.295. The molecular weight excluding hydrogens is 158 g/mol. The Morgan fingerprint density at radius 1 is 1.42 bits per heavy atom. The van der Waals surface area contributed by atoms with Crippen molar-refractivity contribution in [2.45, 2.75) is 18.1 Å². The second-order valence-corrected chi connectivity index (χ2v) is 3.40. The first-order valence-corrected chi connectivity index (χ1v) is 3.95. The van der Waals surface area contributed by atoms with Gasteiger partial charge in [-0.3, -0.25) is 14.9 Å². The first-order valence-electron chi connectivity index (χ1n) is 3.95. The maximum absolute atomic E-state index is 11.2. The van der Waals surface area contributed by atoms with E-state index in [1.54, 1.807) is 0 Å². The summed E-state index contributed by atoms with van der Waals surface area (Å²) < 4.78 is 5.36. The second-order valence-electron chi connectivity index (χ2n) is 3.40. The van der Waals surface area contributed by atoms with Gasteiger partial charge in [0, 0.05) is 5.92 Å². The van der Waals surface area contributed by atoms with E-state index in [4.69, 9.17) is 4.74 Å². The molecule has 1 spiro atoms. The highest BCUT2D eigenvalue weighted by atomic mass is 16.5. The Bertz CT molecular complexity index is 306. The largest absolute Gasteiger partial charge is 0.348 e. The number of imide groups is 1. The molecule has 2 atom stereocenters. The molecule has 2 amide bonds. The van der Waals surface area contributed by atoms with Gasteiger partial charge < -0.3 is 4.74 Å². The number of hydrogen-bond donors (Lipinski definition) is 1. The first-order chi connectivity index (χ1) is 5.73. The number of carbonyl (C=O) groups excluding carboxylic acids is 2. The number of amides is 2. The average molecular weight is 165 g/mol.